The average Bonchev–Trinajstić information content (AvgIpc) is 3.25. The fourth-order valence-electron chi connectivity index (χ4n) is 2.56. The van der Waals surface area contributed by atoms with E-state index in [1.165, 1.54) is 0 Å². The van der Waals surface area contributed by atoms with Gasteiger partial charge in [-0.15, -0.1) is 0 Å². The van der Waals surface area contributed by atoms with Gasteiger partial charge in [-0.3, -0.25) is 4.99 Å². The summed E-state index contributed by atoms with van der Waals surface area (Å²) in [5.41, 5.74) is -0.470. The van der Waals surface area contributed by atoms with Crippen LogP contribution in [0.4, 0.5) is 4.79 Å². The molecule has 0 aromatic carbocycles. The van der Waals surface area contributed by atoms with Crippen LogP contribution in [-0.2, 0) is 11.3 Å². The molecule has 0 atom stereocenters. The number of rotatable bonds is 8. The number of guanidine groups is 1. The summed E-state index contributed by atoms with van der Waals surface area (Å²) < 4.78 is 7.64. The lowest BCUT2D eigenvalue weighted by molar-refractivity contribution is 0.0240. The largest absolute Gasteiger partial charge is 0.444 e. The van der Waals surface area contributed by atoms with Crippen molar-refractivity contribution < 1.29 is 9.53 Å². The number of nitrogens with zero attached hydrogens (tertiary/aromatic N) is 3. The summed E-state index contributed by atoms with van der Waals surface area (Å²) in [6.07, 6.45) is 5.96. The minimum absolute atomic E-state index is 0.235. The Labute approximate surface area is 156 Å². The van der Waals surface area contributed by atoms with Crippen LogP contribution in [0.1, 0.15) is 40.5 Å². The summed E-state index contributed by atoms with van der Waals surface area (Å²) in [4.78, 5) is 18.8. The van der Waals surface area contributed by atoms with Gasteiger partial charge < -0.3 is 24.8 Å². The van der Waals surface area contributed by atoms with Gasteiger partial charge in [0.05, 0.1) is 6.54 Å². The van der Waals surface area contributed by atoms with E-state index in [0.717, 1.165) is 38.4 Å². The van der Waals surface area contributed by atoms with Gasteiger partial charge in [-0.2, -0.15) is 0 Å². The first-order chi connectivity index (χ1) is 12.4. The molecule has 2 N–H and O–H groups in total. The summed E-state index contributed by atoms with van der Waals surface area (Å²) in [5, 5.41) is 6.57. The molecule has 0 spiro atoms. The Kier molecular flexibility index (Phi) is 7.36. The van der Waals surface area contributed by atoms with Crippen LogP contribution in [0.5, 0.6) is 0 Å². The Hall–Kier alpha value is -2.18. The average molecular weight is 364 g/mol. The predicted octanol–water partition coefficient (Wildman–Crippen LogP) is 2.44. The summed E-state index contributed by atoms with van der Waals surface area (Å²) in [6.45, 7) is 11.3. The van der Waals surface area contributed by atoms with Crippen molar-refractivity contribution in [2.24, 2.45) is 4.99 Å². The Morgan fingerprint density at radius 1 is 1.27 bits per heavy atom. The van der Waals surface area contributed by atoms with E-state index < -0.39 is 5.60 Å². The smallest absolute Gasteiger partial charge is 0.410 e. The molecule has 0 bridgehead atoms. The third-order valence-corrected chi connectivity index (χ3v) is 3.90. The van der Waals surface area contributed by atoms with E-state index in [1.54, 1.807) is 0 Å². The van der Waals surface area contributed by atoms with Gasteiger partial charge in [-0.25, -0.2) is 4.79 Å². The van der Waals surface area contributed by atoms with Crippen molar-refractivity contribution in [3.8, 4) is 0 Å². The second-order valence-electron chi connectivity index (χ2n) is 7.51. The van der Waals surface area contributed by atoms with Crippen molar-refractivity contribution >= 4 is 12.1 Å². The quantitative estimate of drug-likeness (QED) is 0.550. The van der Waals surface area contributed by atoms with E-state index >= 15 is 0 Å². The Balaban J connectivity index is 1.81. The number of ether oxygens (including phenoxy) is 1. The molecule has 1 amide bonds. The predicted molar refractivity (Wildman–Crippen MR) is 104 cm³/mol. The Morgan fingerprint density at radius 3 is 2.54 bits per heavy atom. The van der Waals surface area contributed by atoms with E-state index in [9.17, 15) is 4.79 Å². The lowest BCUT2D eigenvalue weighted by Crippen LogP contribution is -2.41. The molecule has 1 aromatic heterocycles. The van der Waals surface area contributed by atoms with Crippen LogP contribution >= 0.6 is 0 Å². The van der Waals surface area contributed by atoms with E-state index in [-0.39, 0.29) is 6.09 Å². The number of hydrogen-bond donors (Lipinski definition) is 2. The molecule has 1 aliphatic carbocycles. The molecule has 146 valence electrons. The van der Waals surface area contributed by atoms with Gasteiger partial charge in [0, 0.05) is 44.6 Å². The standard InChI is InChI=1S/C19H33N5O2/c1-5-20-17(21-10-14-23-12-6-7-13-23)22-11-15-24(16-8-9-16)18(25)26-19(2,3)4/h6-7,12-13,16H,5,8-11,14-15H2,1-4H3,(H2,20,21,22). The normalized spacial score (nSPS) is 14.8. The zero-order chi connectivity index (χ0) is 19.0. The van der Waals surface area contributed by atoms with Crippen LogP contribution in [0.3, 0.4) is 0 Å². The number of carbonyl (C=O) groups is 1. The maximum absolute atomic E-state index is 12.4. The van der Waals surface area contributed by atoms with Gasteiger partial charge in [0.25, 0.3) is 0 Å². The fourth-order valence-corrected chi connectivity index (χ4v) is 2.56. The summed E-state index contributed by atoms with van der Waals surface area (Å²) in [5.74, 6) is 0.777. The summed E-state index contributed by atoms with van der Waals surface area (Å²) >= 11 is 0. The van der Waals surface area contributed by atoms with Crippen LogP contribution in [0, 0.1) is 0 Å². The molecule has 7 nitrogen and oxygen atoms in total. The van der Waals surface area contributed by atoms with Crippen LogP contribution < -0.4 is 10.6 Å². The van der Waals surface area contributed by atoms with Crippen molar-refractivity contribution in [1.29, 1.82) is 0 Å². The molecule has 0 unspecified atom stereocenters. The second-order valence-corrected chi connectivity index (χ2v) is 7.51. The van der Waals surface area contributed by atoms with Gasteiger partial charge in [0.15, 0.2) is 5.96 Å². The molecule has 0 aliphatic heterocycles. The zero-order valence-corrected chi connectivity index (χ0v) is 16.5. The van der Waals surface area contributed by atoms with Crippen molar-refractivity contribution in [3.63, 3.8) is 0 Å². The zero-order valence-electron chi connectivity index (χ0n) is 16.5. The van der Waals surface area contributed by atoms with Crippen molar-refractivity contribution in [1.82, 2.24) is 20.1 Å². The van der Waals surface area contributed by atoms with Crippen molar-refractivity contribution in [3.05, 3.63) is 24.5 Å². The van der Waals surface area contributed by atoms with Crippen LogP contribution in [-0.4, -0.2) is 59.3 Å². The maximum atomic E-state index is 12.4. The second kappa shape index (κ2) is 9.50. The molecule has 26 heavy (non-hydrogen) atoms. The molecule has 1 saturated carbocycles. The highest BCUT2D eigenvalue weighted by Gasteiger charge is 2.34. The fraction of sp³-hybridized carbons (Fsp3) is 0.684. The number of nitrogens with one attached hydrogen (secondary N) is 2. The first kappa shape index (κ1) is 20.1. The van der Waals surface area contributed by atoms with E-state index in [4.69, 9.17) is 4.74 Å². The van der Waals surface area contributed by atoms with Gasteiger partial charge in [-0.05, 0) is 52.7 Å². The van der Waals surface area contributed by atoms with E-state index in [0.29, 0.717) is 19.1 Å². The van der Waals surface area contributed by atoms with Gasteiger partial charge >= 0.3 is 6.09 Å². The lowest BCUT2D eigenvalue weighted by Gasteiger charge is -2.27. The molecule has 1 heterocycles. The molecule has 0 radical (unpaired) electrons. The van der Waals surface area contributed by atoms with Crippen LogP contribution in [0.2, 0.25) is 0 Å². The van der Waals surface area contributed by atoms with Gasteiger partial charge in [0.1, 0.15) is 5.60 Å². The highest BCUT2D eigenvalue weighted by Crippen LogP contribution is 2.28. The minimum Gasteiger partial charge on any atom is -0.444 e. The third kappa shape index (κ3) is 7.37. The number of carbonyl (C=O) groups excluding carboxylic acids is 1. The minimum atomic E-state index is -0.470. The first-order valence-corrected chi connectivity index (χ1v) is 9.51. The molecular weight excluding hydrogens is 330 g/mol. The Bertz CT molecular complexity index is 573. The van der Waals surface area contributed by atoms with Gasteiger partial charge in [0.2, 0.25) is 0 Å². The monoisotopic (exact) mass is 363 g/mol. The highest BCUT2D eigenvalue weighted by atomic mass is 16.6. The molecule has 2 rings (SSSR count). The highest BCUT2D eigenvalue weighted by molar-refractivity contribution is 5.79. The molecular formula is C19H33N5O2. The van der Waals surface area contributed by atoms with E-state index in [2.05, 4.69) is 20.2 Å². The molecule has 1 aromatic rings. The van der Waals surface area contributed by atoms with Crippen LogP contribution in [0.25, 0.3) is 0 Å². The number of hydrogen-bond acceptors (Lipinski definition) is 3. The Morgan fingerprint density at radius 2 is 1.96 bits per heavy atom. The molecule has 1 fully saturated rings. The molecule has 0 saturated heterocycles. The molecule has 7 heteroatoms. The van der Waals surface area contributed by atoms with E-state index in [1.807, 2.05) is 57.1 Å². The number of aromatic nitrogens is 1. The summed E-state index contributed by atoms with van der Waals surface area (Å²) in [6, 6.07) is 4.34. The number of aliphatic imine (C=N–C) groups is 1. The van der Waals surface area contributed by atoms with Crippen molar-refractivity contribution in [2.75, 3.05) is 26.2 Å². The SMILES string of the molecule is CCNC(=NCCN(C(=O)OC(C)(C)C)C1CC1)NCCn1cccc1. The first-order valence-electron chi connectivity index (χ1n) is 9.51. The van der Waals surface area contributed by atoms with Crippen LogP contribution in [0.15, 0.2) is 29.5 Å². The topological polar surface area (TPSA) is 70.9 Å². The number of amides is 1. The maximum Gasteiger partial charge on any atom is 0.410 e. The lowest BCUT2D eigenvalue weighted by atomic mass is 10.2. The van der Waals surface area contributed by atoms with Gasteiger partial charge in [-0.1, -0.05) is 0 Å². The molecule has 1 aliphatic rings. The van der Waals surface area contributed by atoms with Crippen molar-refractivity contribution in [2.45, 2.75) is 58.7 Å². The summed E-state index contributed by atoms with van der Waals surface area (Å²) in [7, 11) is 0. The third-order valence-electron chi connectivity index (χ3n) is 3.90.